The Balaban J connectivity index is 2.31. The van der Waals surface area contributed by atoms with Crippen LogP contribution in [0.2, 0.25) is 0 Å². The first-order chi connectivity index (χ1) is 10.0. The van der Waals surface area contributed by atoms with Crippen molar-refractivity contribution in [1.82, 2.24) is 14.8 Å². The third-order valence-electron chi connectivity index (χ3n) is 3.09. The molecule has 0 fully saturated rings. The quantitative estimate of drug-likeness (QED) is 0.643. The van der Waals surface area contributed by atoms with Gasteiger partial charge in [-0.2, -0.15) is 0 Å². The summed E-state index contributed by atoms with van der Waals surface area (Å²) in [6.45, 7) is 4.00. The lowest BCUT2D eigenvalue weighted by Gasteiger charge is -2.18. The van der Waals surface area contributed by atoms with Gasteiger partial charge in [0.1, 0.15) is 6.33 Å². The number of benzene rings is 1. The van der Waals surface area contributed by atoms with E-state index in [4.69, 9.17) is 10.5 Å². The molecule has 0 amide bonds. The van der Waals surface area contributed by atoms with Crippen LogP contribution in [0.3, 0.4) is 0 Å². The minimum absolute atomic E-state index is 0.157. The minimum atomic E-state index is -0.405. The Morgan fingerprint density at radius 3 is 2.90 bits per heavy atom. The van der Waals surface area contributed by atoms with Gasteiger partial charge in [-0.3, -0.25) is 0 Å². The highest BCUT2D eigenvalue weighted by Crippen LogP contribution is 2.28. The van der Waals surface area contributed by atoms with Gasteiger partial charge in [0, 0.05) is 7.05 Å². The fraction of sp³-hybridized carbons (Fsp3) is 0.357. The van der Waals surface area contributed by atoms with E-state index >= 15 is 0 Å². The number of para-hydroxylation sites is 1. The second-order valence-corrected chi connectivity index (χ2v) is 4.66. The van der Waals surface area contributed by atoms with E-state index in [2.05, 4.69) is 15.5 Å². The summed E-state index contributed by atoms with van der Waals surface area (Å²) in [5.41, 5.74) is 7.42. The molecule has 0 aliphatic rings. The third-order valence-corrected chi connectivity index (χ3v) is 3.09. The topological polar surface area (TPSA) is 95.1 Å². The Hall–Kier alpha value is -2.57. The summed E-state index contributed by atoms with van der Waals surface area (Å²) in [6, 6.07) is 4.98. The van der Waals surface area contributed by atoms with Crippen molar-refractivity contribution in [3.05, 3.63) is 35.9 Å². The predicted octanol–water partition coefficient (Wildman–Crippen LogP) is 1.75. The molecule has 7 heteroatoms. The van der Waals surface area contributed by atoms with E-state index in [1.165, 1.54) is 0 Å². The molecule has 1 atom stereocenters. The number of anilines is 2. The zero-order valence-corrected chi connectivity index (χ0v) is 12.3. The molecular weight excluding hydrogens is 270 g/mol. The molecule has 0 bridgehead atoms. The van der Waals surface area contributed by atoms with E-state index in [0.717, 1.165) is 5.82 Å². The van der Waals surface area contributed by atoms with E-state index in [0.29, 0.717) is 23.5 Å². The Bertz CT molecular complexity index is 638. The number of esters is 1. The molecule has 3 N–H and O–H groups in total. The minimum Gasteiger partial charge on any atom is -0.462 e. The lowest BCUT2D eigenvalue weighted by Crippen LogP contribution is -2.16. The maximum absolute atomic E-state index is 12.0. The van der Waals surface area contributed by atoms with E-state index in [1.807, 2.05) is 14.0 Å². The van der Waals surface area contributed by atoms with Crippen LogP contribution in [-0.2, 0) is 11.8 Å². The Kier molecular flexibility index (Phi) is 4.42. The molecule has 1 aromatic heterocycles. The third kappa shape index (κ3) is 3.13. The van der Waals surface area contributed by atoms with Crippen molar-refractivity contribution >= 4 is 17.3 Å². The molecule has 0 saturated carbocycles. The number of carbonyl (C=O) groups excluding carboxylic acids is 1. The number of aromatic nitrogens is 3. The summed E-state index contributed by atoms with van der Waals surface area (Å²) in [6.07, 6.45) is 1.62. The van der Waals surface area contributed by atoms with Gasteiger partial charge in [0.05, 0.1) is 29.6 Å². The second kappa shape index (κ2) is 6.25. The first-order valence-electron chi connectivity index (χ1n) is 6.70. The van der Waals surface area contributed by atoms with Crippen LogP contribution in [0, 0.1) is 0 Å². The maximum Gasteiger partial charge on any atom is 0.340 e. The lowest BCUT2D eigenvalue weighted by atomic mass is 10.1. The lowest BCUT2D eigenvalue weighted by molar-refractivity contribution is 0.0527. The molecule has 1 unspecified atom stereocenters. The molecule has 0 aliphatic heterocycles. The molecule has 0 spiro atoms. The Labute approximate surface area is 123 Å². The smallest absolute Gasteiger partial charge is 0.340 e. The molecule has 112 valence electrons. The number of carbonyl (C=O) groups is 1. The second-order valence-electron chi connectivity index (χ2n) is 4.66. The van der Waals surface area contributed by atoms with Crippen LogP contribution in [0.1, 0.15) is 36.1 Å². The molecule has 21 heavy (non-hydrogen) atoms. The van der Waals surface area contributed by atoms with Crippen molar-refractivity contribution in [2.45, 2.75) is 19.9 Å². The van der Waals surface area contributed by atoms with Gasteiger partial charge in [-0.1, -0.05) is 6.07 Å². The first kappa shape index (κ1) is 14.8. The van der Waals surface area contributed by atoms with E-state index in [-0.39, 0.29) is 6.04 Å². The monoisotopic (exact) mass is 289 g/mol. The first-order valence-corrected chi connectivity index (χ1v) is 6.70. The summed E-state index contributed by atoms with van der Waals surface area (Å²) in [4.78, 5) is 12.0. The van der Waals surface area contributed by atoms with Crippen molar-refractivity contribution in [1.29, 1.82) is 0 Å². The molecule has 1 aromatic carbocycles. The van der Waals surface area contributed by atoms with Gasteiger partial charge in [0.2, 0.25) is 0 Å². The summed E-state index contributed by atoms with van der Waals surface area (Å²) < 4.78 is 6.86. The van der Waals surface area contributed by atoms with E-state index in [9.17, 15) is 4.79 Å². The zero-order chi connectivity index (χ0) is 15.4. The average Bonchev–Trinajstić information content (AvgIpc) is 2.87. The normalized spacial score (nSPS) is 12.0. The summed E-state index contributed by atoms with van der Waals surface area (Å²) in [5.74, 6) is 0.338. The molecule has 2 aromatic rings. The van der Waals surface area contributed by atoms with E-state index in [1.54, 1.807) is 36.0 Å². The number of aryl methyl sites for hydroxylation is 1. The van der Waals surface area contributed by atoms with Crippen molar-refractivity contribution in [3.63, 3.8) is 0 Å². The highest BCUT2D eigenvalue weighted by molar-refractivity contribution is 5.98. The number of nitrogens with zero attached hydrogens (tertiary/aromatic N) is 3. The molecule has 1 heterocycles. The molecular formula is C14H19N5O2. The van der Waals surface area contributed by atoms with Gasteiger partial charge in [-0.15, -0.1) is 10.2 Å². The summed E-state index contributed by atoms with van der Waals surface area (Å²) in [5, 5.41) is 11.1. The fourth-order valence-corrected chi connectivity index (χ4v) is 2.08. The maximum atomic E-state index is 12.0. The summed E-state index contributed by atoms with van der Waals surface area (Å²) >= 11 is 0. The van der Waals surface area contributed by atoms with Crippen LogP contribution in [0.4, 0.5) is 11.4 Å². The number of nitrogens with one attached hydrogen (secondary N) is 1. The Morgan fingerprint density at radius 2 is 2.29 bits per heavy atom. The largest absolute Gasteiger partial charge is 0.462 e. The van der Waals surface area contributed by atoms with Crippen LogP contribution >= 0.6 is 0 Å². The zero-order valence-electron chi connectivity index (χ0n) is 12.3. The summed E-state index contributed by atoms with van der Waals surface area (Å²) in [7, 11) is 1.86. The van der Waals surface area contributed by atoms with Crippen LogP contribution < -0.4 is 11.1 Å². The van der Waals surface area contributed by atoms with Gasteiger partial charge in [-0.05, 0) is 26.0 Å². The Morgan fingerprint density at radius 1 is 1.52 bits per heavy atom. The number of nitrogen functional groups attached to an aromatic ring is 1. The molecule has 0 aliphatic carbocycles. The van der Waals surface area contributed by atoms with Crippen LogP contribution in [0.5, 0.6) is 0 Å². The highest BCUT2D eigenvalue weighted by Gasteiger charge is 2.18. The van der Waals surface area contributed by atoms with Gasteiger partial charge in [0.15, 0.2) is 5.82 Å². The van der Waals surface area contributed by atoms with Crippen molar-refractivity contribution in [2.24, 2.45) is 7.05 Å². The molecule has 0 saturated heterocycles. The number of hydrogen-bond acceptors (Lipinski definition) is 6. The van der Waals surface area contributed by atoms with Crippen LogP contribution in [-0.4, -0.2) is 27.3 Å². The number of hydrogen-bond donors (Lipinski definition) is 2. The number of nitrogens with two attached hydrogens (primary N) is 1. The van der Waals surface area contributed by atoms with Gasteiger partial charge < -0.3 is 20.4 Å². The van der Waals surface area contributed by atoms with Gasteiger partial charge >= 0.3 is 5.97 Å². The SMILES string of the molecule is CCOC(=O)c1cccc(N)c1NC(C)c1nncn1C. The van der Waals surface area contributed by atoms with Crippen molar-refractivity contribution in [3.8, 4) is 0 Å². The highest BCUT2D eigenvalue weighted by atomic mass is 16.5. The predicted molar refractivity (Wildman–Crippen MR) is 79.9 cm³/mol. The van der Waals surface area contributed by atoms with Crippen LogP contribution in [0.25, 0.3) is 0 Å². The number of ether oxygens (including phenoxy) is 1. The van der Waals surface area contributed by atoms with Crippen molar-refractivity contribution < 1.29 is 9.53 Å². The van der Waals surface area contributed by atoms with Gasteiger partial charge in [-0.25, -0.2) is 4.79 Å². The van der Waals surface area contributed by atoms with E-state index < -0.39 is 5.97 Å². The molecule has 2 rings (SSSR count). The fourth-order valence-electron chi connectivity index (χ4n) is 2.08. The average molecular weight is 289 g/mol. The van der Waals surface area contributed by atoms with Crippen molar-refractivity contribution in [2.75, 3.05) is 17.7 Å². The number of rotatable bonds is 5. The molecule has 7 nitrogen and oxygen atoms in total. The standard InChI is InChI=1S/C14H19N5O2/c1-4-21-14(20)10-6-5-7-11(15)12(10)17-9(2)13-18-16-8-19(13)3/h5-9,17H,4,15H2,1-3H3. The molecule has 0 radical (unpaired) electrons. The van der Waals surface area contributed by atoms with Gasteiger partial charge in [0.25, 0.3) is 0 Å². The van der Waals surface area contributed by atoms with Crippen LogP contribution in [0.15, 0.2) is 24.5 Å².